The summed E-state index contributed by atoms with van der Waals surface area (Å²) in [4.78, 5) is 12.1. The molecule has 1 unspecified atom stereocenters. The Balaban J connectivity index is 2.40. The van der Waals surface area contributed by atoms with Crippen LogP contribution in [0, 0.1) is 13.8 Å². The van der Waals surface area contributed by atoms with E-state index in [1.807, 2.05) is 13.8 Å². The normalized spacial score (nSPS) is 18.2. The zero-order valence-corrected chi connectivity index (χ0v) is 13.7. The van der Waals surface area contributed by atoms with Crippen LogP contribution in [0.15, 0.2) is 19.8 Å². The van der Waals surface area contributed by atoms with Gasteiger partial charge in [-0.2, -0.15) is 0 Å². The van der Waals surface area contributed by atoms with E-state index in [0.29, 0.717) is 21.5 Å². The highest BCUT2D eigenvalue weighted by Crippen LogP contribution is 2.37. The summed E-state index contributed by atoms with van der Waals surface area (Å²) >= 11 is 6.87. The van der Waals surface area contributed by atoms with Crippen molar-refractivity contribution in [2.24, 2.45) is 0 Å². The first kappa shape index (κ1) is 13.2. The average molecular weight is 388 g/mol. The molecule has 3 rings (SSSR count). The van der Waals surface area contributed by atoms with E-state index in [2.05, 4.69) is 37.9 Å². The van der Waals surface area contributed by atoms with Crippen LogP contribution in [-0.2, 0) is 6.42 Å². The third-order valence-corrected chi connectivity index (χ3v) is 5.00. The van der Waals surface area contributed by atoms with Gasteiger partial charge in [-0.05, 0) is 53.4 Å². The third-order valence-electron chi connectivity index (χ3n) is 3.49. The van der Waals surface area contributed by atoms with E-state index in [1.165, 1.54) is 0 Å². The molecule has 0 saturated carbocycles. The molecule has 1 aliphatic rings. The number of aryl methyl sites for hydroxylation is 2. The Kier molecular flexibility index (Phi) is 3.21. The molecule has 100 valence electrons. The van der Waals surface area contributed by atoms with E-state index < -0.39 is 0 Å². The molecule has 2 heterocycles. The van der Waals surface area contributed by atoms with Gasteiger partial charge in [-0.3, -0.25) is 0 Å². The van der Waals surface area contributed by atoms with Crippen LogP contribution in [0.2, 0.25) is 0 Å². The molecule has 1 atom stereocenters. The second-order valence-corrected chi connectivity index (χ2v) is 6.90. The van der Waals surface area contributed by atoms with E-state index in [4.69, 9.17) is 9.15 Å². The maximum absolute atomic E-state index is 11.8. The van der Waals surface area contributed by atoms with E-state index in [9.17, 15) is 4.79 Å². The molecular weight excluding hydrogens is 376 g/mol. The summed E-state index contributed by atoms with van der Waals surface area (Å²) in [5.74, 6) is 0.855. The summed E-state index contributed by atoms with van der Waals surface area (Å²) in [6, 6.07) is 2.06. The van der Waals surface area contributed by atoms with Crippen LogP contribution >= 0.6 is 31.9 Å². The Morgan fingerprint density at radius 3 is 2.79 bits per heavy atom. The van der Waals surface area contributed by atoms with Crippen molar-refractivity contribution >= 4 is 42.8 Å². The maximum Gasteiger partial charge on any atom is 0.350 e. The quantitative estimate of drug-likeness (QED) is 0.508. The molecule has 0 bridgehead atoms. The van der Waals surface area contributed by atoms with Crippen molar-refractivity contribution < 1.29 is 9.15 Å². The number of fused-ring (bicyclic) bond motifs is 2. The number of benzene rings is 1. The molecule has 0 saturated heterocycles. The Bertz CT molecular complexity index is 734. The lowest BCUT2D eigenvalue weighted by Gasteiger charge is -2.24. The second kappa shape index (κ2) is 4.63. The van der Waals surface area contributed by atoms with Gasteiger partial charge < -0.3 is 9.15 Å². The predicted molar refractivity (Wildman–Crippen MR) is 81.6 cm³/mol. The number of hydrogen-bond donors (Lipinski definition) is 0. The summed E-state index contributed by atoms with van der Waals surface area (Å²) < 4.78 is 11.7. The van der Waals surface area contributed by atoms with Crippen LogP contribution in [0.25, 0.3) is 11.0 Å². The summed E-state index contributed by atoms with van der Waals surface area (Å²) in [6.07, 6.45) is 0.919. The number of hydrogen-bond acceptors (Lipinski definition) is 3. The summed E-state index contributed by atoms with van der Waals surface area (Å²) in [5.41, 5.74) is 3.25. The first-order chi connectivity index (χ1) is 8.99. The molecule has 5 heteroatoms. The minimum atomic E-state index is -0.345. The van der Waals surface area contributed by atoms with E-state index in [1.54, 1.807) is 0 Å². The number of rotatable bonds is 0. The molecule has 1 aliphatic heterocycles. The van der Waals surface area contributed by atoms with Crippen LogP contribution in [-0.4, -0.2) is 11.4 Å². The highest BCUT2D eigenvalue weighted by molar-refractivity contribution is 9.10. The van der Waals surface area contributed by atoms with Gasteiger partial charge in [-0.1, -0.05) is 15.9 Å². The van der Waals surface area contributed by atoms with Crippen molar-refractivity contribution in [3.63, 3.8) is 0 Å². The zero-order chi connectivity index (χ0) is 13.7. The van der Waals surface area contributed by atoms with Gasteiger partial charge in [0.15, 0.2) is 0 Å². The van der Waals surface area contributed by atoms with Crippen LogP contribution in [0.4, 0.5) is 0 Å². The Morgan fingerprint density at radius 2 is 2.05 bits per heavy atom. The third kappa shape index (κ3) is 2.03. The first-order valence-electron chi connectivity index (χ1n) is 6.01. The highest BCUT2D eigenvalue weighted by Gasteiger charge is 2.23. The molecule has 19 heavy (non-hydrogen) atoms. The number of ether oxygens (including phenoxy) is 1. The maximum atomic E-state index is 11.8. The summed E-state index contributed by atoms with van der Waals surface area (Å²) in [5, 5.41) is 0.966. The molecule has 0 amide bonds. The Morgan fingerprint density at radius 1 is 1.32 bits per heavy atom. The van der Waals surface area contributed by atoms with Crippen LogP contribution in [0.1, 0.15) is 16.7 Å². The van der Waals surface area contributed by atoms with E-state index in [0.717, 1.165) is 34.2 Å². The highest BCUT2D eigenvalue weighted by atomic mass is 79.9. The summed E-state index contributed by atoms with van der Waals surface area (Å²) in [7, 11) is 0. The second-order valence-electron chi connectivity index (χ2n) is 4.81. The van der Waals surface area contributed by atoms with Gasteiger partial charge in [-0.25, -0.2) is 4.79 Å². The van der Waals surface area contributed by atoms with E-state index in [-0.39, 0.29) is 5.63 Å². The van der Waals surface area contributed by atoms with Crippen LogP contribution in [0.3, 0.4) is 0 Å². The number of halogens is 2. The first-order valence-corrected chi connectivity index (χ1v) is 7.72. The van der Waals surface area contributed by atoms with Gasteiger partial charge >= 0.3 is 5.63 Å². The average Bonchev–Trinajstić information content (AvgIpc) is 2.38. The molecule has 1 aromatic heterocycles. The minimum absolute atomic E-state index is 0.330. The van der Waals surface area contributed by atoms with Gasteiger partial charge in [0.2, 0.25) is 0 Å². The molecule has 0 aliphatic carbocycles. The van der Waals surface area contributed by atoms with Gasteiger partial charge in [0.1, 0.15) is 22.4 Å². The lowest BCUT2D eigenvalue weighted by molar-refractivity contribution is 0.294. The molecule has 0 radical (unpaired) electrons. The van der Waals surface area contributed by atoms with Crippen molar-refractivity contribution in [2.75, 3.05) is 6.61 Å². The van der Waals surface area contributed by atoms with Crippen molar-refractivity contribution in [1.29, 1.82) is 0 Å². The lowest BCUT2D eigenvalue weighted by Crippen LogP contribution is -2.21. The fourth-order valence-corrected chi connectivity index (χ4v) is 3.27. The SMILES string of the molecule is Cc1c(Br)c(=O)oc2c(C)c3c(cc12)CC(Br)CO3. The molecule has 2 aromatic rings. The molecular formula is C14H12Br2O3. The Hall–Kier alpha value is -0.810. The largest absolute Gasteiger partial charge is 0.492 e. The van der Waals surface area contributed by atoms with Gasteiger partial charge in [0.25, 0.3) is 0 Å². The van der Waals surface area contributed by atoms with Gasteiger partial charge in [-0.15, -0.1) is 0 Å². The standard InChI is InChI=1S/C14H12Br2O3/c1-6-10-4-8-3-9(15)5-18-12(8)7(2)13(10)19-14(17)11(6)16/h4,9H,3,5H2,1-2H3. The topological polar surface area (TPSA) is 39.4 Å². The van der Waals surface area contributed by atoms with E-state index >= 15 is 0 Å². The Labute approximate surface area is 127 Å². The molecule has 0 fully saturated rings. The fourth-order valence-electron chi connectivity index (χ4n) is 2.49. The van der Waals surface area contributed by atoms with Crippen molar-refractivity contribution in [3.05, 3.63) is 37.6 Å². The van der Waals surface area contributed by atoms with Crippen molar-refractivity contribution in [1.82, 2.24) is 0 Å². The van der Waals surface area contributed by atoms with Gasteiger partial charge in [0.05, 0.1) is 4.83 Å². The lowest BCUT2D eigenvalue weighted by atomic mass is 9.98. The summed E-state index contributed by atoms with van der Waals surface area (Å²) in [6.45, 7) is 4.50. The monoisotopic (exact) mass is 386 g/mol. The van der Waals surface area contributed by atoms with Crippen molar-refractivity contribution in [2.45, 2.75) is 25.1 Å². The minimum Gasteiger partial charge on any atom is -0.492 e. The number of alkyl halides is 1. The van der Waals surface area contributed by atoms with Crippen LogP contribution < -0.4 is 10.4 Å². The zero-order valence-electron chi connectivity index (χ0n) is 10.5. The molecule has 1 aromatic carbocycles. The molecule has 3 nitrogen and oxygen atoms in total. The smallest absolute Gasteiger partial charge is 0.350 e. The molecule has 0 spiro atoms. The van der Waals surface area contributed by atoms with Crippen molar-refractivity contribution in [3.8, 4) is 5.75 Å². The predicted octanol–water partition coefficient (Wildman–Crippen LogP) is 3.87. The van der Waals surface area contributed by atoms with Crippen LogP contribution in [0.5, 0.6) is 5.75 Å². The van der Waals surface area contributed by atoms with Gasteiger partial charge in [0, 0.05) is 10.9 Å². The molecule has 0 N–H and O–H groups in total. The fraction of sp³-hybridized carbons (Fsp3) is 0.357.